The van der Waals surface area contributed by atoms with Crippen LogP contribution >= 0.6 is 0 Å². The van der Waals surface area contributed by atoms with E-state index in [0.717, 1.165) is 12.5 Å². The minimum Gasteiger partial charge on any atom is -0.462 e. The van der Waals surface area contributed by atoms with Crippen LogP contribution in [0.4, 0.5) is 0 Å². The molecule has 2 radical (unpaired) electrons. The van der Waals surface area contributed by atoms with Crippen molar-refractivity contribution in [2.45, 2.75) is 52.1 Å². The van der Waals surface area contributed by atoms with Crippen LogP contribution in [0.5, 0.6) is 0 Å². The number of ether oxygens (including phenoxy) is 1. The van der Waals surface area contributed by atoms with E-state index in [9.17, 15) is 4.79 Å². The van der Waals surface area contributed by atoms with Crippen molar-refractivity contribution < 1.29 is 17.8 Å². The molecule has 0 spiro atoms. The van der Waals surface area contributed by atoms with Crippen LogP contribution in [0.15, 0.2) is 12.2 Å². The third kappa shape index (κ3) is 9.33. The third-order valence-corrected chi connectivity index (χ3v) is 10.9. The summed E-state index contributed by atoms with van der Waals surface area (Å²) in [6.45, 7) is 16.2. The third-order valence-electron chi connectivity index (χ3n) is 2.37. The Kier molecular flexibility index (Phi) is 8.06. The number of hydrogen-bond acceptors (Lipinski definition) is 4. The molecule has 19 heavy (non-hydrogen) atoms. The molecule has 0 fully saturated rings. The summed E-state index contributed by atoms with van der Waals surface area (Å²) in [5.74, 6) is -0.314. The van der Waals surface area contributed by atoms with E-state index in [1.165, 1.54) is 0 Å². The Hall–Kier alpha value is -0.219. The van der Waals surface area contributed by atoms with E-state index in [4.69, 9.17) is 13.0 Å². The van der Waals surface area contributed by atoms with Gasteiger partial charge in [0.25, 0.3) is 0 Å². The van der Waals surface area contributed by atoms with E-state index in [2.05, 4.69) is 32.8 Å². The maximum absolute atomic E-state index is 11.2. The highest BCUT2D eigenvalue weighted by Gasteiger charge is 2.33. The largest absolute Gasteiger partial charge is 0.462 e. The first kappa shape index (κ1) is 18.8. The van der Waals surface area contributed by atoms with Crippen molar-refractivity contribution >= 4 is 32.6 Å². The van der Waals surface area contributed by atoms with E-state index < -0.39 is 16.9 Å². The van der Waals surface area contributed by atoms with Gasteiger partial charge < -0.3 is 13.0 Å². The molecule has 0 aliphatic rings. The highest BCUT2D eigenvalue weighted by molar-refractivity contribution is 6.83. The number of carbonyl (C=O) groups is 1. The summed E-state index contributed by atoms with van der Waals surface area (Å²) in [6, 6.07) is 0.961. The fourth-order valence-corrected chi connectivity index (χ4v) is 11.0. The zero-order valence-electron chi connectivity index (χ0n) is 13.0. The standard InChI is InChI=1S/C12H26O4Si3/c1-11(2)12(13)14-9-8-10-18(4,5)16-19(6,7)15-17-3/h1,8-10H2,2-7H3. The van der Waals surface area contributed by atoms with Crippen molar-refractivity contribution in [3.63, 3.8) is 0 Å². The first-order valence-corrected chi connectivity index (χ1v) is 13.8. The van der Waals surface area contributed by atoms with Crippen LogP contribution < -0.4 is 0 Å². The van der Waals surface area contributed by atoms with Gasteiger partial charge in [0, 0.05) is 5.57 Å². The molecule has 0 aromatic carbocycles. The van der Waals surface area contributed by atoms with Crippen LogP contribution in [0.3, 0.4) is 0 Å². The van der Waals surface area contributed by atoms with Crippen molar-refractivity contribution in [2.24, 2.45) is 0 Å². The van der Waals surface area contributed by atoms with Gasteiger partial charge in [-0.1, -0.05) is 6.58 Å². The Morgan fingerprint density at radius 2 is 1.84 bits per heavy atom. The Morgan fingerprint density at radius 1 is 1.26 bits per heavy atom. The predicted octanol–water partition coefficient (Wildman–Crippen LogP) is 3.10. The normalized spacial score (nSPS) is 12.3. The van der Waals surface area contributed by atoms with Gasteiger partial charge in [-0.2, -0.15) is 0 Å². The summed E-state index contributed by atoms with van der Waals surface area (Å²) in [5, 5.41) is 0. The van der Waals surface area contributed by atoms with Crippen LogP contribution in [-0.2, 0) is 17.8 Å². The van der Waals surface area contributed by atoms with E-state index in [1.54, 1.807) is 6.92 Å². The second kappa shape index (κ2) is 8.15. The fraction of sp³-hybridized carbons (Fsp3) is 0.750. The van der Waals surface area contributed by atoms with Crippen LogP contribution in [0, 0.1) is 0 Å². The monoisotopic (exact) mass is 318 g/mol. The molecule has 0 aliphatic heterocycles. The van der Waals surface area contributed by atoms with Gasteiger partial charge >= 0.3 is 14.5 Å². The molecule has 0 amide bonds. The molecule has 0 heterocycles. The van der Waals surface area contributed by atoms with Crippen LogP contribution in [0.1, 0.15) is 13.3 Å². The van der Waals surface area contributed by atoms with Gasteiger partial charge in [0.1, 0.15) is 0 Å². The summed E-state index contributed by atoms with van der Waals surface area (Å²) in [6.07, 6.45) is 0.830. The average Bonchev–Trinajstić information content (AvgIpc) is 2.21. The molecule has 0 N–H and O–H groups in total. The summed E-state index contributed by atoms with van der Waals surface area (Å²) in [4.78, 5) is 11.2. The van der Waals surface area contributed by atoms with E-state index in [-0.39, 0.29) is 5.97 Å². The molecule has 0 saturated heterocycles. The van der Waals surface area contributed by atoms with Crippen LogP contribution in [0.25, 0.3) is 0 Å². The van der Waals surface area contributed by atoms with Crippen molar-refractivity contribution in [1.29, 1.82) is 0 Å². The summed E-state index contributed by atoms with van der Waals surface area (Å²) >= 11 is 0. The zero-order valence-corrected chi connectivity index (χ0v) is 16.0. The number of rotatable bonds is 9. The lowest BCUT2D eigenvalue weighted by Gasteiger charge is -2.33. The number of hydrogen-bond donors (Lipinski definition) is 0. The number of esters is 1. The molecule has 0 saturated carbocycles. The van der Waals surface area contributed by atoms with Crippen LogP contribution in [0.2, 0.25) is 38.8 Å². The summed E-state index contributed by atoms with van der Waals surface area (Å²) in [7, 11) is -3.26. The molecule has 0 aliphatic carbocycles. The molecular weight excluding hydrogens is 292 g/mol. The Labute approximate surface area is 121 Å². The van der Waals surface area contributed by atoms with Gasteiger partial charge in [0.15, 0.2) is 8.32 Å². The van der Waals surface area contributed by atoms with Gasteiger partial charge in [0.05, 0.1) is 6.61 Å². The summed E-state index contributed by atoms with van der Waals surface area (Å²) in [5.41, 5.74) is 0.443. The van der Waals surface area contributed by atoms with Crippen molar-refractivity contribution in [3.8, 4) is 0 Å². The molecule has 0 rings (SSSR count). The molecule has 110 valence electrons. The van der Waals surface area contributed by atoms with Crippen molar-refractivity contribution in [1.82, 2.24) is 0 Å². The first-order chi connectivity index (χ1) is 8.59. The zero-order chi connectivity index (χ0) is 15.1. The second-order valence-corrected chi connectivity index (χ2v) is 14.4. The molecule has 0 bridgehead atoms. The number of carbonyl (C=O) groups excluding carboxylic acids is 1. The molecule has 4 nitrogen and oxygen atoms in total. The lowest BCUT2D eigenvalue weighted by molar-refractivity contribution is -0.138. The van der Waals surface area contributed by atoms with Crippen molar-refractivity contribution in [3.05, 3.63) is 12.2 Å². The Morgan fingerprint density at radius 3 is 2.32 bits per heavy atom. The lowest BCUT2D eigenvalue weighted by atomic mass is 10.4. The van der Waals surface area contributed by atoms with E-state index in [0.29, 0.717) is 21.9 Å². The Balaban J connectivity index is 4.03. The topological polar surface area (TPSA) is 44.8 Å². The maximum Gasteiger partial charge on any atom is 0.333 e. The van der Waals surface area contributed by atoms with Gasteiger partial charge in [-0.15, -0.1) is 0 Å². The van der Waals surface area contributed by atoms with Gasteiger partial charge in [0.2, 0.25) is 9.76 Å². The van der Waals surface area contributed by atoms with E-state index in [1.807, 2.05) is 6.55 Å². The van der Waals surface area contributed by atoms with Crippen molar-refractivity contribution in [2.75, 3.05) is 6.61 Å². The molecular formula is C12H26O4Si3. The highest BCUT2D eigenvalue weighted by Crippen LogP contribution is 2.20. The SMILES string of the molecule is C=C(C)C(=O)OCCC[Si](C)(C)O[Si](C)(C)O[Si]C. The molecule has 0 aromatic heterocycles. The molecule has 0 unspecified atom stereocenters. The minimum absolute atomic E-state index is 0.314. The Bertz CT molecular complexity index is 316. The highest BCUT2D eigenvalue weighted by atomic mass is 28.5. The molecule has 7 heteroatoms. The average molecular weight is 319 g/mol. The molecule has 0 atom stereocenters. The predicted molar refractivity (Wildman–Crippen MR) is 83.9 cm³/mol. The smallest absolute Gasteiger partial charge is 0.333 e. The van der Waals surface area contributed by atoms with Gasteiger partial charge in [-0.05, 0) is 52.1 Å². The maximum atomic E-state index is 11.2. The van der Waals surface area contributed by atoms with Gasteiger partial charge in [-0.3, -0.25) is 0 Å². The quantitative estimate of drug-likeness (QED) is 0.284. The minimum atomic E-state index is -1.99. The lowest BCUT2D eigenvalue weighted by Crippen LogP contribution is -2.47. The first-order valence-electron chi connectivity index (χ1n) is 6.47. The van der Waals surface area contributed by atoms with Gasteiger partial charge in [-0.25, -0.2) is 4.79 Å². The fourth-order valence-electron chi connectivity index (χ4n) is 1.77. The summed E-state index contributed by atoms with van der Waals surface area (Å²) < 4.78 is 17.0. The van der Waals surface area contributed by atoms with E-state index >= 15 is 0 Å². The van der Waals surface area contributed by atoms with Crippen LogP contribution in [-0.4, -0.2) is 39.2 Å². The molecule has 0 aromatic rings. The second-order valence-electron chi connectivity index (χ2n) is 5.59.